The van der Waals surface area contributed by atoms with Crippen molar-refractivity contribution >= 4 is 11.6 Å². The molecular weight excluding hydrogens is 241 g/mol. The van der Waals surface area contributed by atoms with Gasteiger partial charge in [-0.25, -0.2) is 4.39 Å². The molecule has 1 aromatic rings. The van der Waals surface area contributed by atoms with Crippen LogP contribution in [0.25, 0.3) is 0 Å². The van der Waals surface area contributed by atoms with E-state index in [1.54, 1.807) is 13.2 Å². The molecule has 0 heterocycles. The number of rotatable bonds is 6. The van der Waals surface area contributed by atoms with Crippen molar-refractivity contribution in [3.05, 3.63) is 34.6 Å². The quantitative estimate of drug-likeness (QED) is 0.844. The van der Waals surface area contributed by atoms with Crippen LogP contribution in [0.4, 0.5) is 4.39 Å². The Morgan fingerprint density at radius 1 is 1.41 bits per heavy atom. The molecule has 0 fully saturated rings. The van der Waals surface area contributed by atoms with Gasteiger partial charge in [-0.05, 0) is 36.7 Å². The summed E-state index contributed by atoms with van der Waals surface area (Å²) in [6.45, 7) is 4.81. The monoisotopic (exact) mass is 259 g/mol. The summed E-state index contributed by atoms with van der Waals surface area (Å²) in [5.41, 5.74) is 0.752. The summed E-state index contributed by atoms with van der Waals surface area (Å²) < 4.78 is 18.7. The molecule has 1 aromatic carbocycles. The van der Waals surface area contributed by atoms with Gasteiger partial charge < -0.3 is 10.1 Å². The van der Waals surface area contributed by atoms with Gasteiger partial charge in [0.05, 0.1) is 12.1 Å². The molecule has 0 aromatic heterocycles. The van der Waals surface area contributed by atoms with Crippen molar-refractivity contribution in [2.45, 2.75) is 32.4 Å². The zero-order chi connectivity index (χ0) is 12.8. The van der Waals surface area contributed by atoms with Crippen molar-refractivity contribution < 1.29 is 9.13 Å². The largest absolute Gasteiger partial charge is 0.379 e. The minimum absolute atomic E-state index is 0.0192. The van der Waals surface area contributed by atoms with Crippen LogP contribution in [0.5, 0.6) is 0 Å². The molecule has 17 heavy (non-hydrogen) atoms. The van der Waals surface area contributed by atoms with Gasteiger partial charge in [0.1, 0.15) is 5.82 Å². The van der Waals surface area contributed by atoms with E-state index in [0.717, 1.165) is 18.5 Å². The van der Waals surface area contributed by atoms with Crippen LogP contribution in [0.1, 0.15) is 31.9 Å². The van der Waals surface area contributed by atoms with E-state index in [2.05, 4.69) is 5.32 Å². The average Bonchev–Trinajstić information content (AvgIpc) is 2.33. The lowest BCUT2D eigenvalue weighted by Crippen LogP contribution is -2.33. The summed E-state index contributed by atoms with van der Waals surface area (Å²) in [4.78, 5) is 0. The summed E-state index contributed by atoms with van der Waals surface area (Å²) in [6, 6.07) is 4.33. The van der Waals surface area contributed by atoms with Crippen LogP contribution in [0.15, 0.2) is 18.2 Å². The van der Waals surface area contributed by atoms with Crippen LogP contribution in [-0.2, 0) is 4.74 Å². The van der Waals surface area contributed by atoms with E-state index < -0.39 is 0 Å². The molecule has 0 bridgehead atoms. The van der Waals surface area contributed by atoms with Gasteiger partial charge >= 0.3 is 0 Å². The number of benzene rings is 1. The zero-order valence-corrected chi connectivity index (χ0v) is 11.2. The van der Waals surface area contributed by atoms with E-state index in [4.69, 9.17) is 16.3 Å². The molecule has 1 N–H and O–H groups in total. The zero-order valence-electron chi connectivity index (χ0n) is 10.5. The Hall–Kier alpha value is -0.640. The maximum absolute atomic E-state index is 13.3. The van der Waals surface area contributed by atoms with Crippen molar-refractivity contribution in [1.82, 2.24) is 5.32 Å². The highest BCUT2D eigenvalue weighted by Crippen LogP contribution is 2.28. The third-order valence-electron chi connectivity index (χ3n) is 2.79. The molecule has 1 rings (SSSR count). The van der Waals surface area contributed by atoms with Crippen molar-refractivity contribution in [2.75, 3.05) is 13.7 Å². The Kier molecular flexibility index (Phi) is 5.89. The molecule has 0 aliphatic heterocycles. The summed E-state index contributed by atoms with van der Waals surface area (Å²) in [6.07, 6.45) is 0.815. The van der Waals surface area contributed by atoms with E-state index in [1.165, 1.54) is 12.1 Å². The number of ether oxygens (including phenoxy) is 1. The maximum Gasteiger partial charge on any atom is 0.123 e. The number of likely N-dealkylation sites (N-methyl/N-ethyl adjacent to an activating group) is 1. The molecule has 4 heteroatoms. The molecule has 0 saturated carbocycles. The smallest absolute Gasteiger partial charge is 0.123 e. The van der Waals surface area contributed by atoms with Gasteiger partial charge in [0.15, 0.2) is 0 Å². The summed E-state index contributed by atoms with van der Waals surface area (Å²) in [5.74, 6) is -0.279. The molecule has 96 valence electrons. The van der Waals surface area contributed by atoms with Crippen LogP contribution < -0.4 is 5.32 Å². The number of hydrogen-bond acceptors (Lipinski definition) is 2. The molecule has 0 amide bonds. The highest BCUT2D eigenvalue weighted by atomic mass is 35.5. The standard InChI is InChI=1S/C13H19ClFNO/c1-4-12(17-3)13(16-5-2)10-8-9(15)6-7-11(10)14/h6-8,12-13,16H,4-5H2,1-3H3. The van der Waals surface area contributed by atoms with Gasteiger partial charge in [0.25, 0.3) is 0 Å². The minimum atomic E-state index is -0.279. The van der Waals surface area contributed by atoms with E-state index in [9.17, 15) is 4.39 Å². The van der Waals surface area contributed by atoms with Gasteiger partial charge in [-0.3, -0.25) is 0 Å². The fraction of sp³-hybridized carbons (Fsp3) is 0.538. The predicted molar refractivity (Wildman–Crippen MR) is 68.9 cm³/mol. The van der Waals surface area contributed by atoms with Crippen LogP contribution in [0.2, 0.25) is 5.02 Å². The molecule has 0 radical (unpaired) electrons. The third-order valence-corrected chi connectivity index (χ3v) is 3.14. The van der Waals surface area contributed by atoms with Crippen molar-refractivity contribution in [3.8, 4) is 0 Å². The van der Waals surface area contributed by atoms with E-state index in [1.807, 2.05) is 13.8 Å². The first-order valence-electron chi connectivity index (χ1n) is 5.85. The Bertz CT molecular complexity index is 355. The molecular formula is C13H19ClFNO. The molecule has 0 spiro atoms. The number of nitrogens with one attached hydrogen (secondary N) is 1. The third kappa shape index (κ3) is 3.66. The average molecular weight is 260 g/mol. The molecule has 2 nitrogen and oxygen atoms in total. The van der Waals surface area contributed by atoms with Crippen molar-refractivity contribution in [2.24, 2.45) is 0 Å². The fourth-order valence-electron chi connectivity index (χ4n) is 1.95. The van der Waals surface area contributed by atoms with Crippen molar-refractivity contribution in [1.29, 1.82) is 0 Å². The normalized spacial score (nSPS) is 14.6. The Labute approximate surface area is 107 Å². The summed E-state index contributed by atoms with van der Waals surface area (Å²) >= 11 is 6.12. The molecule has 2 atom stereocenters. The van der Waals surface area contributed by atoms with Crippen LogP contribution >= 0.6 is 11.6 Å². The van der Waals surface area contributed by atoms with Gasteiger partial charge in [-0.15, -0.1) is 0 Å². The topological polar surface area (TPSA) is 21.3 Å². The maximum atomic E-state index is 13.3. The molecule has 0 aliphatic carbocycles. The first-order valence-corrected chi connectivity index (χ1v) is 6.22. The minimum Gasteiger partial charge on any atom is -0.379 e. The summed E-state index contributed by atoms with van der Waals surface area (Å²) in [5, 5.41) is 3.86. The lowest BCUT2D eigenvalue weighted by molar-refractivity contribution is 0.0655. The van der Waals surface area contributed by atoms with E-state index >= 15 is 0 Å². The molecule has 0 saturated heterocycles. The SMILES string of the molecule is CCNC(c1cc(F)ccc1Cl)C(CC)OC. The van der Waals surface area contributed by atoms with Crippen LogP contribution in [-0.4, -0.2) is 19.8 Å². The number of halogens is 2. The number of hydrogen-bond donors (Lipinski definition) is 1. The molecule has 0 aliphatic rings. The Morgan fingerprint density at radius 2 is 2.12 bits per heavy atom. The van der Waals surface area contributed by atoms with E-state index in [-0.39, 0.29) is 18.0 Å². The van der Waals surface area contributed by atoms with Gasteiger partial charge in [0, 0.05) is 12.1 Å². The molecule has 2 unspecified atom stereocenters. The van der Waals surface area contributed by atoms with Gasteiger partial charge in [-0.2, -0.15) is 0 Å². The van der Waals surface area contributed by atoms with Crippen molar-refractivity contribution in [3.63, 3.8) is 0 Å². The highest BCUT2D eigenvalue weighted by Gasteiger charge is 2.23. The lowest BCUT2D eigenvalue weighted by atomic mass is 9.99. The first kappa shape index (κ1) is 14.4. The fourth-order valence-corrected chi connectivity index (χ4v) is 2.19. The van der Waals surface area contributed by atoms with E-state index in [0.29, 0.717) is 5.02 Å². The highest BCUT2D eigenvalue weighted by molar-refractivity contribution is 6.31. The second-order valence-electron chi connectivity index (χ2n) is 3.88. The first-order chi connectivity index (χ1) is 8.13. The summed E-state index contributed by atoms with van der Waals surface area (Å²) in [7, 11) is 1.66. The number of methoxy groups -OCH3 is 1. The van der Waals surface area contributed by atoms with Gasteiger partial charge in [0.2, 0.25) is 0 Å². The second-order valence-corrected chi connectivity index (χ2v) is 4.29. The Morgan fingerprint density at radius 3 is 2.65 bits per heavy atom. The van der Waals surface area contributed by atoms with Crippen LogP contribution in [0, 0.1) is 5.82 Å². The van der Waals surface area contributed by atoms with Crippen LogP contribution in [0.3, 0.4) is 0 Å². The lowest BCUT2D eigenvalue weighted by Gasteiger charge is -2.27. The second kappa shape index (κ2) is 6.94. The predicted octanol–water partition coefficient (Wildman–Crippen LogP) is 3.55. The Balaban J connectivity index is 3.07. The van der Waals surface area contributed by atoms with Gasteiger partial charge in [-0.1, -0.05) is 25.4 Å².